The summed E-state index contributed by atoms with van der Waals surface area (Å²) >= 11 is 0. The first-order valence-electron chi connectivity index (χ1n) is 10.1. The number of para-hydroxylation sites is 1. The largest absolute Gasteiger partial charge is 0.376 e. The second-order valence-corrected chi connectivity index (χ2v) is 7.23. The molecule has 1 aromatic heterocycles. The molecule has 1 fully saturated rings. The fraction of sp³-hybridized carbons (Fsp3) is 0.261. The Labute approximate surface area is 175 Å². The Hall–Kier alpha value is -3.45. The summed E-state index contributed by atoms with van der Waals surface area (Å²) in [5.41, 5.74) is 2.75. The zero-order valence-corrected chi connectivity index (χ0v) is 16.6. The predicted molar refractivity (Wildman–Crippen MR) is 114 cm³/mol. The first-order chi connectivity index (χ1) is 14.7. The molecule has 2 amide bonds. The number of carbonyl (C=O) groups is 2. The molecule has 7 nitrogen and oxygen atoms in total. The molecule has 1 atom stereocenters. The van der Waals surface area contributed by atoms with Gasteiger partial charge in [0.25, 0.3) is 5.91 Å². The van der Waals surface area contributed by atoms with Crippen LogP contribution in [-0.4, -0.2) is 40.9 Å². The fourth-order valence-electron chi connectivity index (χ4n) is 3.47. The second-order valence-electron chi connectivity index (χ2n) is 7.23. The number of amides is 2. The van der Waals surface area contributed by atoms with E-state index in [0.29, 0.717) is 17.8 Å². The van der Waals surface area contributed by atoms with Crippen molar-refractivity contribution in [2.45, 2.75) is 25.4 Å². The highest BCUT2D eigenvalue weighted by atomic mass is 16.5. The van der Waals surface area contributed by atoms with Crippen molar-refractivity contribution in [3.63, 3.8) is 0 Å². The predicted octanol–water partition coefficient (Wildman–Crippen LogP) is 2.96. The van der Waals surface area contributed by atoms with Crippen molar-refractivity contribution in [1.29, 1.82) is 0 Å². The number of aromatic nitrogens is 2. The number of anilines is 1. The molecule has 0 unspecified atom stereocenters. The van der Waals surface area contributed by atoms with E-state index in [2.05, 4.69) is 15.7 Å². The summed E-state index contributed by atoms with van der Waals surface area (Å²) in [5.74, 6) is -0.397. The monoisotopic (exact) mass is 404 g/mol. The Kier molecular flexibility index (Phi) is 6.20. The van der Waals surface area contributed by atoms with Gasteiger partial charge in [-0.25, -0.2) is 4.68 Å². The molecule has 3 aromatic rings. The van der Waals surface area contributed by atoms with Crippen LogP contribution < -0.4 is 10.6 Å². The average Bonchev–Trinajstić information content (AvgIpc) is 3.47. The molecule has 1 aliphatic heterocycles. The van der Waals surface area contributed by atoms with Gasteiger partial charge in [0, 0.05) is 25.5 Å². The fourth-order valence-corrected chi connectivity index (χ4v) is 3.47. The third-order valence-electron chi connectivity index (χ3n) is 5.03. The molecular formula is C23H24N4O3. The molecular weight excluding hydrogens is 380 g/mol. The molecule has 4 rings (SSSR count). The van der Waals surface area contributed by atoms with Crippen LogP contribution in [0.5, 0.6) is 0 Å². The van der Waals surface area contributed by atoms with Gasteiger partial charge < -0.3 is 15.4 Å². The van der Waals surface area contributed by atoms with Crippen molar-refractivity contribution >= 4 is 17.5 Å². The Balaban J connectivity index is 1.36. The van der Waals surface area contributed by atoms with Crippen molar-refractivity contribution in [2.24, 2.45) is 0 Å². The van der Waals surface area contributed by atoms with Crippen molar-refractivity contribution < 1.29 is 14.3 Å². The molecule has 0 aliphatic carbocycles. The normalized spacial score (nSPS) is 15.7. The quantitative estimate of drug-likeness (QED) is 0.634. The van der Waals surface area contributed by atoms with E-state index in [1.54, 1.807) is 35.1 Å². The number of hydrogen-bond acceptors (Lipinski definition) is 4. The van der Waals surface area contributed by atoms with Crippen LogP contribution in [0.4, 0.5) is 5.69 Å². The van der Waals surface area contributed by atoms with Gasteiger partial charge in [0.1, 0.15) is 0 Å². The van der Waals surface area contributed by atoms with Gasteiger partial charge in [-0.2, -0.15) is 5.10 Å². The lowest BCUT2D eigenvalue weighted by Gasteiger charge is -2.14. The van der Waals surface area contributed by atoms with E-state index in [-0.39, 0.29) is 24.3 Å². The number of rotatable bonds is 7. The summed E-state index contributed by atoms with van der Waals surface area (Å²) in [7, 11) is 0. The van der Waals surface area contributed by atoms with Crippen LogP contribution in [-0.2, 0) is 16.0 Å². The lowest BCUT2D eigenvalue weighted by atomic mass is 10.1. The highest BCUT2D eigenvalue weighted by Gasteiger charge is 2.18. The van der Waals surface area contributed by atoms with Gasteiger partial charge in [0.05, 0.1) is 29.5 Å². The van der Waals surface area contributed by atoms with Crippen molar-refractivity contribution in [2.75, 3.05) is 18.5 Å². The van der Waals surface area contributed by atoms with Gasteiger partial charge in [-0.1, -0.05) is 24.3 Å². The summed E-state index contributed by atoms with van der Waals surface area (Å²) in [6.45, 7) is 1.22. The Morgan fingerprint density at radius 3 is 2.67 bits per heavy atom. The number of hydrogen-bond donors (Lipinski definition) is 2. The lowest BCUT2D eigenvalue weighted by Crippen LogP contribution is -2.32. The number of benzene rings is 2. The maximum atomic E-state index is 12.6. The minimum Gasteiger partial charge on any atom is -0.376 e. The van der Waals surface area contributed by atoms with Crippen LogP contribution in [0.25, 0.3) is 5.69 Å². The van der Waals surface area contributed by atoms with Gasteiger partial charge in [-0.15, -0.1) is 0 Å². The van der Waals surface area contributed by atoms with Gasteiger partial charge >= 0.3 is 0 Å². The first kappa shape index (κ1) is 19.8. The standard InChI is InChI=1S/C23H24N4O3/c28-22(15-17-8-10-18(11-9-17)27-13-4-12-25-27)26-21-7-2-1-6-20(21)23(29)24-16-19-5-3-14-30-19/h1-2,4,6-13,19H,3,5,14-16H2,(H,24,29)(H,26,28)/t19-/m0/s1. The van der Waals surface area contributed by atoms with Crippen LogP contribution in [0.15, 0.2) is 67.0 Å². The number of ether oxygens (including phenoxy) is 1. The number of carbonyl (C=O) groups excluding carboxylic acids is 2. The smallest absolute Gasteiger partial charge is 0.253 e. The van der Waals surface area contributed by atoms with Crippen molar-refractivity contribution in [3.8, 4) is 5.69 Å². The van der Waals surface area contributed by atoms with E-state index in [9.17, 15) is 9.59 Å². The molecule has 0 bridgehead atoms. The summed E-state index contributed by atoms with van der Waals surface area (Å²) < 4.78 is 7.30. The van der Waals surface area contributed by atoms with Crippen LogP contribution in [0.1, 0.15) is 28.8 Å². The van der Waals surface area contributed by atoms with E-state index in [4.69, 9.17) is 4.74 Å². The zero-order chi connectivity index (χ0) is 20.8. The number of nitrogens with zero attached hydrogens (tertiary/aromatic N) is 2. The number of nitrogens with one attached hydrogen (secondary N) is 2. The minimum absolute atomic E-state index is 0.0698. The van der Waals surface area contributed by atoms with Crippen molar-refractivity contribution in [1.82, 2.24) is 15.1 Å². The van der Waals surface area contributed by atoms with Gasteiger partial charge in [0.15, 0.2) is 0 Å². The Morgan fingerprint density at radius 1 is 1.10 bits per heavy atom. The molecule has 2 N–H and O–H groups in total. The van der Waals surface area contributed by atoms with Crippen molar-refractivity contribution in [3.05, 3.63) is 78.1 Å². The molecule has 2 aromatic carbocycles. The Morgan fingerprint density at radius 2 is 1.93 bits per heavy atom. The molecule has 2 heterocycles. The molecule has 154 valence electrons. The highest BCUT2D eigenvalue weighted by molar-refractivity contribution is 6.04. The van der Waals surface area contributed by atoms with Crippen LogP contribution >= 0.6 is 0 Å². The third-order valence-corrected chi connectivity index (χ3v) is 5.03. The molecule has 0 saturated carbocycles. The molecule has 30 heavy (non-hydrogen) atoms. The van der Waals surface area contributed by atoms with Crippen LogP contribution in [0.3, 0.4) is 0 Å². The van der Waals surface area contributed by atoms with E-state index in [1.807, 2.05) is 36.5 Å². The zero-order valence-electron chi connectivity index (χ0n) is 16.6. The lowest BCUT2D eigenvalue weighted by molar-refractivity contribution is -0.115. The van der Waals surface area contributed by atoms with Crippen LogP contribution in [0.2, 0.25) is 0 Å². The molecule has 1 saturated heterocycles. The van der Waals surface area contributed by atoms with Gasteiger partial charge in [0.2, 0.25) is 5.91 Å². The van der Waals surface area contributed by atoms with E-state index >= 15 is 0 Å². The SMILES string of the molecule is O=C(Cc1ccc(-n2cccn2)cc1)Nc1ccccc1C(=O)NC[C@@H]1CCCO1. The molecule has 1 aliphatic rings. The molecule has 7 heteroatoms. The van der Waals surface area contributed by atoms with Gasteiger partial charge in [-0.3, -0.25) is 9.59 Å². The molecule has 0 spiro atoms. The van der Waals surface area contributed by atoms with E-state index < -0.39 is 0 Å². The van der Waals surface area contributed by atoms with Gasteiger partial charge in [-0.05, 0) is 48.7 Å². The average molecular weight is 404 g/mol. The maximum Gasteiger partial charge on any atom is 0.253 e. The highest BCUT2D eigenvalue weighted by Crippen LogP contribution is 2.17. The van der Waals surface area contributed by atoms with E-state index in [0.717, 1.165) is 30.7 Å². The third kappa shape index (κ3) is 4.93. The second kappa shape index (κ2) is 9.37. The summed E-state index contributed by atoms with van der Waals surface area (Å²) in [5, 5.41) is 9.95. The summed E-state index contributed by atoms with van der Waals surface area (Å²) in [6, 6.07) is 16.5. The maximum absolute atomic E-state index is 12.6. The van der Waals surface area contributed by atoms with E-state index in [1.165, 1.54) is 0 Å². The topological polar surface area (TPSA) is 85.2 Å². The molecule has 0 radical (unpaired) electrons. The summed E-state index contributed by atoms with van der Waals surface area (Å²) in [4.78, 5) is 25.1. The minimum atomic E-state index is -0.218. The Bertz CT molecular complexity index is 994. The summed E-state index contributed by atoms with van der Waals surface area (Å²) in [6.07, 6.45) is 5.85. The van der Waals surface area contributed by atoms with Crippen LogP contribution in [0, 0.1) is 0 Å². The first-order valence-corrected chi connectivity index (χ1v) is 10.1.